The van der Waals surface area contributed by atoms with Gasteiger partial charge in [0.2, 0.25) is 5.91 Å². The molecule has 0 radical (unpaired) electrons. The molecule has 0 bridgehead atoms. The first-order valence-corrected chi connectivity index (χ1v) is 7.47. The predicted octanol–water partition coefficient (Wildman–Crippen LogP) is 3.82. The van der Waals surface area contributed by atoms with Crippen LogP contribution in [-0.2, 0) is 4.79 Å². The highest BCUT2D eigenvalue weighted by molar-refractivity contribution is 8.00. The molecule has 0 unspecified atom stereocenters. The Kier molecular flexibility index (Phi) is 5.50. The molecule has 0 saturated carbocycles. The van der Waals surface area contributed by atoms with Gasteiger partial charge in [0, 0.05) is 10.6 Å². The molecule has 3 nitrogen and oxygen atoms in total. The molecular formula is C16H17NO2S. The van der Waals surface area contributed by atoms with E-state index in [1.54, 1.807) is 0 Å². The molecule has 20 heavy (non-hydrogen) atoms. The molecule has 1 N–H and O–H groups in total. The van der Waals surface area contributed by atoms with Crippen molar-refractivity contribution in [1.29, 1.82) is 0 Å². The largest absolute Gasteiger partial charge is 0.494 e. The summed E-state index contributed by atoms with van der Waals surface area (Å²) in [5.74, 6) is 1.20. The third-order valence-electron chi connectivity index (χ3n) is 2.56. The highest BCUT2D eigenvalue weighted by Crippen LogP contribution is 2.18. The van der Waals surface area contributed by atoms with E-state index in [9.17, 15) is 4.79 Å². The molecular weight excluding hydrogens is 270 g/mol. The minimum Gasteiger partial charge on any atom is -0.494 e. The molecule has 0 aromatic heterocycles. The van der Waals surface area contributed by atoms with Gasteiger partial charge in [0.15, 0.2) is 0 Å². The third-order valence-corrected chi connectivity index (χ3v) is 3.57. The van der Waals surface area contributed by atoms with E-state index in [1.165, 1.54) is 11.8 Å². The van der Waals surface area contributed by atoms with E-state index in [-0.39, 0.29) is 5.91 Å². The van der Waals surface area contributed by atoms with Gasteiger partial charge in [0.1, 0.15) is 5.75 Å². The van der Waals surface area contributed by atoms with E-state index >= 15 is 0 Å². The van der Waals surface area contributed by atoms with Crippen molar-refractivity contribution in [3.8, 4) is 5.75 Å². The van der Waals surface area contributed by atoms with Gasteiger partial charge in [-0.15, -0.1) is 11.8 Å². The SMILES string of the molecule is CCOc1ccc(NC(=O)CSc2ccccc2)cc1. The molecule has 2 aromatic carbocycles. The molecule has 0 aliphatic carbocycles. The van der Waals surface area contributed by atoms with Crippen LogP contribution in [0.2, 0.25) is 0 Å². The van der Waals surface area contributed by atoms with E-state index in [1.807, 2.05) is 61.5 Å². The van der Waals surface area contributed by atoms with Gasteiger partial charge in [-0.3, -0.25) is 4.79 Å². The Morgan fingerprint density at radius 3 is 2.45 bits per heavy atom. The number of ether oxygens (including phenoxy) is 1. The molecule has 0 spiro atoms. The van der Waals surface area contributed by atoms with Crippen LogP contribution in [0.1, 0.15) is 6.92 Å². The van der Waals surface area contributed by atoms with E-state index in [0.29, 0.717) is 12.4 Å². The normalized spacial score (nSPS) is 10.1. The second kappa shape index (κ2) is 7.60. The lowest BCUT2D eigenvalue weighted by molar-refractivity contribution is -0.113. The lowest BCUT2D eigenvalue weighted by Gasteiger charge is -2.07. The van der Waals surface area contributed by atoms with Crippen molar-refractivity contribution >= 4 is 23.4 Å². The van der Waals surface area contributed by atoms with Crippen molar-refractivity contribution in [2.75, 3.05) is 17.7 Å². The number of rotatable bonds is 6. The van der Waals surface area contributed by atoms with E-state index in [4.69, 9.17) is 4.74 Å². The zero-order valence-corrected chi connectivity index (χ0v) is 12.2. The average molecular weight is 287 g/mol. The Hall–Kier alpha value is -1.94. The van der Waals surface area contributed by atoms with Crippen LogP contribution in [0, 0.1) is 0 Å². The van der Waals surface area contributed by atoms with Crippen molar-refractivity contribution in [3.05, 3.63) is 54.6 Å². The fraction of sp³-hybridized carbons (Fsp3) is 0.188. The Labute approximate surface area is 123 Å². The summed E-state index contributed by atoms with van der Waals surface area (Å²) in [5, 5.41) is 2.87. The van der Waals surface area contributed by atoms with Gasteiger partial charge in [-0.1, -0.05) is 18.2 Å². The predicted molar refractivity (Wildman–Crippen MR) is 83.4 cm³/mol. The lowest BCUT2D eigenvalue weighted by Crippen LogP contribution is -2.13. The highest BCUT2D eigenvalue weighted by atomic mass is 32.2. The van der Waals surface area contributed by atoms with Crippen molar-refractivity contribution in [1.82, 2.24) is 0 Å². The summed E-state index contributed by atoms with van der Waals surface area (Å²) in [5.41, 5.74) is 0.784. The molecule has 0 heterocycles. The van der Waals surface area contributed by atoms with Gasteiger partial charge in [-0.05, 0) is 43.3 Å². The quantitative estimate of drug-likeness (QED) is 0.821. The van der Waals surface area contributed by atoms with Crippen LogP contribution < -0.4 is 10.1 Å². The van der Waals surface area contributed by atoms with Gasteiger partial charge in [-0.2, -0.15) is 0 Å². The topological polar surface area (TPSA) is 38.3 Å². The fourth-order valence-corrected chi connectivity index (χ4v) is 2.38. The second-order valence-electron chi connectivity index (χ2n) is 4.11. The first-order valence-electron chi connectivity index (χ1n) is 6.48. The summed E-state index contributed by atoms with van der Waals surface area (Å²) >= 11 is 1.52. The standard InChI is InChI=1S/C16H17NO2S/c1-2-19-14-10-8-13(9-11-14)17-16(18)12-20-15-6-4-3-5-7-15/h3-11H,2,12H2,1H3,(H,17,18). The zero-order chi connectivity index (χ0) is 14.2. The Bertz CT molecular complexity index is 540. The molecule has 0 atom stereocenters. The van der Waals surface area contributed by atoms with Crippen molar-refractivity contribution in [2.45, 2.75) is 11.8 Å². The number of hydrogen-bond acceptors (Lipinski definition) is 3. The smallest absolute Gasteiger partial charge is 0.234 e. The van der Waals surface area contributed by atoms with Crippen LogP contribution in [0.15, 0.2) is 59.5 Å². The number of carbonyl (C=O) groups excluding carboxylic acids is 1. The molecule has 0 aliphatic rings. The summed E-state index contributed by atoms with van der Waals surface area (Å²) in [6.45, 7) is 2.58. The number of anilines is 1. The monoisotopic (exact) mass is 287 g/mol. The minimum absolute atomic E-state index is 0.0111. The number of benzene rings is 2. The van der Waals surface area contributed by atoms with Gasteiger partial charge < -0.3 is 10.1 Å². The maximum atomic E-state index is 11.8. The first-order chi connectivity index (χ1) is 9.78. The number of hydrogen-bond donors (Lipinski definition) is 1. The van der Waals surface area contributed by atoms with Crippen LogP contribution in [0.3, 0.4) is 0 Å². The third kappa shape index (κ3) is 4.63. The van der Waals surface area contributed by atoms with Gasteiger partial charge in [0.05, 0.1) is 12.4 Å². The fourth-order valence-electron chi connectivity index (χ4n) is 1.66. The number of amides is 1. The Balaban J connectivity index is 1.82. The Morgan fingerprint density at radius 2 is 1.80 bits per heavy atom. The number of thioether (sulfide) groups is 1. The van der Waals surface area contributed by atoms with Crippen molar-refractivity contribution in [2.24, 2.45) is 0 Å². The maximum Gasteiger partial charge on any atom is 0.234 e. The Morgan fingerprint density at radius 1 is 1.10 bits per heavy atom. The summed E-state index contributed by atoms with van der Waals surface area (Å²) in [7, 11) is 0. The molecule has 0 aliphatic heterocycles. The molecule has 2 rings (SSSR count). The van der Waals surface area contributed by atoms with Crippen LogP contribution in [0.4, 0.5) is 5.69 Å². The molecule has 4 heteroatoms. The number of nitrogens with one attached hydrogen (secondary N) is 1. The maximum absolute atomic E-state index is 11.8. The first kappa shape index (κ1) is 14.5. The second-order valence-corrected chi connectivity index (χ2v) is 5.16. The summed E-state index contributed by atoms with van der Waals surface area (Å²) in [4.78, 5) is 12.9. The molecule has 0 fully saturated rings. The summed E-state index contributed by atoms with van der Waals surface area (Å²) < 4.78 is 5.35. The van der Waals surface area contributed by atoms with Gasteiger partial charge in [0.25, 0.3) is 0 Å². The van der Waals surface area contributed by atoms with Crippen molar-refractivity contribution in [3.63, 3.8) is 0 Å². The molecule has 2 aromatic rings. The van der Waals surface area contributed by atoms with E-state index in [2.05, 4.69) is 5.32 Å². The van der Waals surface area contributed by atoms with Crippen LogP contribution in [-0.4, -0.2) is 18.3 Å². The van der Waals surface area contributed by atoms with Gasteiger partial charge in [-0.25, -0.2) is 0 Å². The van der Waals surface area contributed by atoms with Crippen LogP contribution >= 0.6 is 11.8 Å². The summed E-state index contributed by atoms with van der Waals surface area (Å²) in [6, 6.07) is 17.3. The number of carbonyl (C=O) groups is 1. The van der Waals surface area contributed by atoms with E-state index in [0.717, 1.165) is 16.3 Å². The summed E-state index contributed by atoms with van der Waals surface area (Å²) in [6.07, 6.45) is 0. The molecule has 104 valence electrons. The zero-order valence-electron chi connectivity index (χ0n) is 11.3. The van der Waals surface area contributed by atoms with Crippen LogP contribution in [0.25, 0.3) is 0 Å². The minimum atomic E-state index is -0.0111. The van der Waals surface area contributed by atoms with E-state index < -0.39 is 0 Å². The lowest BCUT2D eigenvalue weighted by atomic mass is 10.3. The van der Waals surface area contributed by atoms with Crippen LogP contribution in [0.5, 0.6) is 5.75 Å². The molecule has 0 saturated heterocycles. The van der Waals surface area contributed by atoms with Crippen molar-refractivity contribution < 1.29 is 9.53 Å². The van der Waals surface area contributed by atoms with Gasteiger partial charge >= 0.3 is 0 Å². The highest BCUT2D eigenvalue weighted by Gasteiger charge is 2.03. The molecule has 1 amide bonds. The average Bonchev–Trinajstić information content (AvgIpc) is 2.49.